The van der Waals surface area contributed by atoms with Crippen LogP contribution in [-0.4, -0.2) is 34.0 Å². The zero-order valence-electron chi connectivity index (χ0n) is 21.1. The highest BCUT2D eigenvalue weighted by molar-refractivity contribution is 5.98. The van der Waals surface area contributed by atoms with Crippen molar-refractivity contribution in [3.8, 4) is 17.3 Å². The van der Waals surface area contributed by atoms with Crippen molar-refractivity contribution < 1.29 is 14.6 Å². The number of methoxy groups -OCH3 is 1. The third-order valence-electron chi connectivity index (χ3n) is 8.55. The highest BCUT2D eigenvalue weighted by atomic mass is 16.5. The monoisotopic (exact) mass is 514 g/mol. The molecule has 4 fully saturated rings. The number of aliphatic imine (C=N–C) groups is 1. The first-order valence-electron chi connectivity index (χ1n) is 13.0. The fourth-order valence-electron chi connectivity index (χ4n) is 7.28. The normalized spacial score (nSPS) is 25.6. The van der Waals surface area contributed by atoms with Gasteiger partial charge in [0.25, 0.3) is 5.56 Å². The Bertz CT molecular complexity index is 1480. The lowest BCUT2D eigenvalue weighted by Gasteiger charge is -2.57. The second-order valence-corrected chi connectivity index (χ2v) is 11.0. The summed E-state index contributed by atoms with van der Waals surface area (Å²) in [5.74, 6) is 2.51. The van der Waals surface area contributed by atoms with Gasteiger partial charge in [0.1, 0.15) is 11.3 Å². The Balaban J connectivity index is 1.18. The van der Waals surface area contributed by atoms with E-state index in [1.807, 2.05) is 12.1 Å². The SMILES string of the molecule is COc1ccc(-n2c(O)c(C=NC(=O)Nc3ccc(C45CC6CC(CC(C6)C4)C5)cc3)c(=O)[nH]c2=O)cc1. The summed E-state index contributed by atoms with van der Waals surface area (Å²) in [5, 5.41) is 13.4. The molecule has 2 amide bonds. The number of ether oxygens (including phenoxy) is 1. The third kappa shape index (κ3) is 4.31. The Hall–Kier alpha value is -4.14. The molecule has 3 aromatic rings. The number of anilines is 1. The Kier molecular flexibility index (Phi) is 5.93. The van der Waals surface area contributed by atoms with E-state index in [-0.39, 0.29) is 11.0 Å². The van der Waals surface area contributed by atoms with Crippen LogP contribution >= 0.6 is 0 Å². The number of nitrogens with one attached hydrogen (secondary N) is 2. The summed E-state index contributed by atoms with van der Waals surface area (Å²) in [4.78, 5) is 43.2. The minimum absolute atomic E-state index is 0.279. The van der Waals surface area contributed by atoms with E-state index < -0.39 is 23.2 Å². The van der Waals surface area contributed by atoms with Crippen LogP contribution in [0.2, 0.25) is 0 Å². The van der Waals surface area contributed by atoms with Gasteiger partial charge in [-0.2, -0.15) is 0 Å². The van der Waals surface area contributed by atoms with Gasteiger partial charge in [-0.1, -0.05) is 12.1 Å². The molecule has 9 heteroatoms. The second-order valence-electron chi connectivity index (χ2n) is 11.0. The number of rotatable bonds is 5. The summed E-state index contributed by atoms with van der Waals surface area (Å²) in [7, 11) is 1.51. The molecule has 1 aromatic heterocycles. The first kappa shape index (κ1) is 24.2. The molecule has 3 N–H and O–H groups in total. The van der Waals surface area contributed by atoms with Gasteiger partial charge in [0.05, 0.1) is 19.0 Å². The molecule has 196 valence electrons. The summed E-state index contributed by atoms with van der Waals surface area (Å²) in [6.45, 7) is 0. The van der Waals surface area contributed by atoms with Crippen LogP contribution in [0.5, 0.6) is 11.6 Å². The molecule has 7 rings (SSSR count). The topological polar surface area (TPSA) is 126 Å². The van der Waals surface area contributed by atoms with Crippen LogP contribution in [0.15, 0.2) is 63.1 Å². The van der Waals surface area contributed by atoms with Crippen molar-refractivity contribution in [2.45, 2.75) is 43.9 Å². The molecule has 9 nitrogen and oxygen atoms in total. The second kappa shape index (κ2) is 9.31. The molecule has 0 atom stereocenters. The number of benzene rings is 2. The van der Waals surface area contributed by atoms with E-state index in [4.69, 9.17) is 4.74 Å². The molecule has 2 aromatic carbocycles. The van der Waals surface area contributed by atoms with E-state index >= 15 is 0 Å². The number of aromatic amines is 1. The average Bonchev–Trinajstić information content (AvgIpc) is 2.88. The van der Waals surface area contributed by atoms with Gasteiger partial charge >= 0.3 is 11.7 Å². The van der Waals surface area contributed by atoms with Crippen LogP contribution in [0, 0.1) is 17.8 Å². The summed E-state index contributed by atoms with van der Waals surface area (Å²) < 4.78 is 6.03. The van der Waals surface area contributed by atoms with E-state index in [0.29, 0.717) is 17.1 Å². The van der Waals surface area contributed by atoms with Crippen LogP contribution in [0.3, 0.4) is 0 Å². The summed E-state index contributed by atoms with van der Waals surface area (Å²) in [6, 6.07) is 13.7. The van der Waals surface area contributed by atoms with E-state index in [1.165, 1.54) is 51.2 Å². The fourth-order valence-corrected chi connectivity index (χ4v) is 7.28. The van der Waals surface area contributed by atoms with Crippen LogP contribution in [0.25, 0.3) is 5.69 Å². The zero-order valence-corrected chi connectivity index (χ0v) is 21.1. The average molecular weight is 515 g/mol. The number of nitrogens with zero attached hydrogens (tertiary/aromatic N) is 2. The maximum absolute atomic E-state index is 12.5. The van der Waals surface area contributed by atoms with Gasteiger partial charge in [-0.15, -0.1) is 0 Å². The summed E-state index contributed by atoms with van der Waals surface area (Å²) >= 11 is 0. The van der Waals surface area contributed by atoms with Crippen molar-refractivity contribution in [1.82, 2.24) is 9.55 Å². The number of amides is 2. The molecular weight excluding hydrogens is 484 g/mol. The third-order valence-corrected chi connectivity index (χ3v) is 8.55. The lowest BCUT2D eigenvalue weighted by molar-refractivity contribution is -0.00518. The summed E-state index contributed by atoms with van der Waals surface area (Å²) in [6.07, 6.45) is 8.93. The van der Waals surface area contributed by atoms with E-state index in [1.54, 1.807) is 24.3 Å². The van der Waals surface area contributed by atoms with Crippen molar-refractivity contribution in [1.29, 1.82) is 0 Å². The fraction of sp³-hybridized carbons (Fsp3) is 0.379. The van der Waals surface area contributed by atoms with E-state index in [9.17, 15) is 19.5 Å². The molecule has 0 radical (unpaired) electrons. The Morgan fingerprint density at radius 3 is 2.21 bits per heavy atom. The van der Waals surface area contributed by atoms with Crippen molar-refractivity contribution in [2.24, 2.45) is 22.7 Å². The number of carbonyl (C=O) groups excluding carboxylic acids is 1. The minimum Gasteiger partial charge on any atom is -0.497 e. The van der Waals surface area contributed by atoms with Crippen LogP contribution in [0.1, 0.15) is 49.7 Å². The van der Waals surface area contributed by atoms with Crippen molar-refractivity contribution >= 4 is 17.9 Å². The standard InChI is InChI=1S/C29H30N4O5/c1-38-23-8-6-22(7-9-23)33-26(35)24(25(34)32-28(33)37)16-30-27(36)31-21-4-2-20(3-5-21)29-13-17-10-18(14-29)12-19(11-17)15-29/h2-9,16-19,35H,10-15H2,1H3,(H,31,36)(H,32,34,37). The van der Waals surface area contributed by atoms with Gasteiger partial charge < -0.3 is 15.2 Å². The highest BCUT2D eigenvalue weighted by Crippen LogP contribution is 2.60. The quantitative estimate of drug-likeness (QED) is 0.436. The number of hydrogen-bond donors (Lipinski definition) is 3. The maximum atomic E-state index is 12.5. The molecule has 0 saturated heterocycles. The lowest BCUT2D eigenvalue weighted by Crippen LogP contribution is -2.48. The number of aromatic hydroxyl groups is 1. The number of carbonyl (C=O) groups is 1. The van der Waals surface area contributed by atoms with Gasteiger partial charge in [0.15, 0.2) is 0 Å². The molecule has 4 aliphatic rings. The van der Waals surface area contributed by atoms with Gasteiger partial charge in [-0.05, 0) is 104 Å². The van der Waals surface area contributed by atoms with Gasteiger partial charge in [-0.3, -0.25) is 9.78 Å². The molecule has 4 bridgehead atoms. The first-order valence-corrected chi connectivity index (χ1v) is 13.0. The Labute approximate surface area is 219 Å². The molecule has 0 spiro atoms. The highest BCUT2D eigenvalue weighted by Gasteiger charge is 2.51. The smallest absolute Gasteiger partial charge is 0.345 e. The first-order chi connectivity index (χ1) is 18.3. The zero-order chi connectivity index (χ0) is 26.4. The minimum atomic E-state index is -0.853. The number of hydrogen-bond acceptors (Lipinski definition) is 5. The summed E-state index contributed by atoms with van der Waals surface area (Å²) in [5.41, 5.74) is 0.556. The van der Waals surface area contributed by atoms with Crippen LogP contribution < -0.4 is 21.3 Å². The van der Waals surface area contributed by atoms with Crippen molar-refractivity contribution in [3.05, 3.63) is 80.5 Å². The Morgan fingerprint density at radius 1 is 1.03 bits per heavy atom. The molecule has 4 aliphatic carbocycles. The van der Waals surface area contributed by atoms with E-state index in [2.05, 4.69) is 27.4 Å². The lowest BCUT2D eigenvalue weighted by atomic mass is 9.48. The van der Waals surface area contributed by atoms with Gasteiger partial charge in [0, 0.05) is 5.69 Å². The molecule has 1 heterocycles. The molecule has 4 saturated carbocycles. The van der Waals surface area contributed by atoms with Crippen LogP contribution in [0.4, 0.5) is 10.5 Å². The molecular formula is C29H30N4O5. The molecule has 0 aliphatic heterocycles. The van der Waals surface area contributed by atoms with Gasteiger partial charge in [-0.25, -0.2) is 19.1 Å². The Morgan fingerprint density at radius 2 is 1.63 bits per heavy atom. The predicted molar refractivity (Wildman–Crippen MR) is 144 cm³/mol. The van der Waals surface area contributed by atoms with Crippen LogP contribution in [-0.2, 0) is 5.41 Å². The molecule has 38 heavy (non-hydrogen) atoms. The number of urea groups is 1. The van der Waals surface area contributed by atoms with Crippen molar-refractivity contribution in [2.75, 3.05) is 12.4 Å². The largest absolute Gasteiger partial charge is 0.497 e. The number of H-pyrrole nitrogens is 1. The maximum Gasteiger partial charge on any atom is 0.345 e. The van der Waals surface area contributed by atoms with E-state index in [0.717, 1.165) is 28.5 Å². The van der Waals surface area contributed by atoms with Gasteiger partial charge in [0.2, 0.25) is 5.88 Å². The number of aromatic nitrogens is 2. The van der Waals surface area contributed by atoms with Crippen molar-refractivity contribution in [3.63, 3.8) is 0 Å². The predicted octanol–water partition coefficient (Wildman–Crippen LogP) is 4.36. The molecule has 0 unspecified atom stereocenters.